The van der Waals surface area contributed by atoms with Crippen LogP contribution in [0.1, 0.15) is 39.2 Å². The molecule has 4 rings (SSSR count). The molecule has 0 fully saturated rings. The predicted molar refractivity (Wildman–Crippen MR) is 132 cm³/mol. The Morgan fingerprint density at radius 1 is 0.824 bits per heavy atom. The summed E-state index contributed by atoms with van der Waals surface area (Å²) in [5, 5.41) is 19.3. The molecule has 7 heteroatoms. The molecule has 34 heavy (non-hydrogen) atoms. The normalized spacial score (nSPS) is 11.5. The first-order valence-corrected chi connectivity index (χ1v) is 11.4. The van der Waals surface area contributed by atoms with Gasteiger partial charge in [0, 0.05) is 11.6 Å². The topological polar surface area (TPSA) is 78.6 Å². The van der Waals surface area contributed by atoms with Gasteiger partial charge in [-0.2, -0.15) is 0 Å². The number of hydrogen-bond acceptors (Lipinski definition) is 6. The summed E-state index contributed by atoms with van der Waals surface area (Å²) in [5.74, 6) is 2.38. The maximum atomic E-state index is 10.5. The number of hydrogen-bond donors (Lipinski definition) is 1. The minimum Gasteiger partial charge on any atom is -0.505 e. The molecule has 0 spiro atoms. The van der Waals surface area contributed by atoms with Gasteiger partial charge in [-0.25, -0.2) is 0 Å². The highest BCUT2D eigenvalue weighted by Crippen LogP contribution is 2.34. The van der Waals surface area contributed by atoms with E-state index in [2.05, 4.69) is 31.0 Å². The van der Waals surface area contributed by atoms with E-state index in [9.17, 15) is 5.11 Å². The summed E-state index contributed by atoms with van der Waals surface area (Å²) in [6, 6.07) is 18.7. The Labute approximate surface area is 199 Å². The second-order valence-electron chi connectivity index (χ2n) is 9.14. The monoisotopic (exact) mass is 461 g/mol. The first kappa shape index (κ1) is 23.4. The summed E-state index contributed by atoms with van der Waals surface area (Å²) < 4.78 is 17.2. The fourth-order valence-electron chi connectivity index (χ4n) is 3.65. The van der Waals surface area contributed by atoms with Gasteiger partial charge in [-0.15, -0.1) is 15.0 Å². The number of methoxy groups -OCH3 is 1. The molecule has 0 bridgehead atoms. The van der Waals surface area contributed by atoms with E-state index in [0.29, 0.717) is 24.7 Å². The lowest BCUT2D eigenvalue weighted by Gasteiger charge is -2.23. The smallest absolute Gasteiger partial charge is 0.146 e. The number of unbranched alkanes of at least 4 members (excludes halogenated alkanes) is 1. The third-order valence-electron chi connectivity index (χ3n) is 5.51. The minimum absolute atomic E-state index is 0.0421. The summed E-state index contributed by atoms with van der Waals surface area (Å²) in [4.78, 5) is 1.44. The molecule has 0 aliphatic rings. The van der Waals surface area contributed by atoms with Gasteiger partial charge in [0.25, 0.3) is 0 Å². The van der Waals surface area contributed by atoms with Crippen LogP contribution >= 0.6 is 0 Å². The van der Waals surface area contributed by atoms with Crippen LogP contribution in [0, 0.1) is 0 Å². The molecule has 0 amide bonds. The van der Waals surface area contributed by atoms with Crippen molar-refractivity contribution in [1.82, 2.24) is 15.0 Å². The Balaban J connectivity index is 1.27. The fourth-order valence-corrected chi connectivity index (χ4v) is 3.65. The van der Waals surface area contributed by atoms with Crippen molar-refractivity contribution in [1.29, 1.82) is 0 Å². The maximum absolute atomic E-state index is 10.5. The molecule has 3 aromatic carbocycles. The highest BCUT2D eigenvalue weighted by Gasteiger charge is 2.20. The Morgan fingerprint density at radius 3 is 2.09 bits per heavy atom. The molecule has 178 valence electrons. The number of nitrogens with zero attached hydrogens (tertiary/aromatic N) is 3. The van der Waals surface area contributed by atoms with E-state index in [1.165, 1.54) is 4.80 Å². The predicted octanol–water partition coefficient (Wildman–Crippen LogP) is 5.67. The Hall–Kier alpha value is -3.74. The summed E-state index contributed by atoms with van der Waals surface area (Å²) in [7, 11) is 1.67. The number of phenolic OH excluding ortho intramolecular Hbond substituents is 1. The minimum atomic E-state index is -0.0421. The third-order valence-corrected chi connectivity index (χ3v) is 5.51. The van der Waals surface area contributed by atoms with Crippen LogP contribution in [0.2, 0.25) is 0 Å². The van der Waals surface area contributed by atoms with Crippen molar-refractivity contribution < 1.29 is 19.3 Å². The van der Waals surface area contributed by atoms with Crippen molar-refractivity contribution in [2.45, 2.75) is 39.0 Å². The summed E-state index contributed by atoms with van der Waals surface area (Å²) in [6.07, 6.45) is 1.68. The molecule has 1 N–H and O–H groups in total. The highest BCUT2D eigenvalue weighted by atomic mass is 16.5. The van der Waals surface area contributed by atoms with Crippen LogP contribution in [0.25, 0.3) is 16.7 Å². The number of ether oxygens (including phenoxy) is 3. The third kappa shape index (κ3) is 5.42. The van der Waals surface area contributed by atoms with Crippen molar-refractivity contribution in [3.05, 3.63) is 66.2 Å². The molecule has 0 aliphatic heterocycles. The van der Waals surface area contributed by atoms with Crippen LogP contribution in [0.3, 0.4) is 0 Å². The van der Waals surface area contributed by atoms with Crippen LogP contribution in [0.15, 0.2) is 60.7 Å². The average Bonchev–Trinajstić information content (AvgIpc) is 3.24. The van der Waals surface area contributed by atoms with Crippen LogP contribution in [0.5, 0.6) is 23.0 Å². The lowest BCUT2D eigenvalue weighted by Crippen LogP contribution is -2.14. The van der Waals surface area contributed by atoms with E-state index in [-0.39, 0.29) is 11.2 Å². The van der Waals surface area contributed by atoms with E-state index in [4.69, 9.17) is 14.2 Å². The largest absolute Gasteiger partial charge is 0.505 e. The second kappa shape index (κ2) is 10.0. The number of benzene rings is 3. The molecule has 0 atom stereocenters. The lowest BCUT2D eigenvalue weighted by atomic mass is 9.86. The fraction of sp³-hybridized carbons (Fsp3) is 0.333. The van der Waals surface area contributed by atoms with Crippen LogP contribution in [-0.2, 0) is 5.41 Å². The van der Waals surface area contributed by atoms with Gasteiger partial charge in [-0.3, -0.25) is 0 Å². The van der Waals surface area contributed by atoms with Gasteiger partial charge >= 0.3 is 0 Å². The summed E-state index contributed by atoms with van der Waals surface area (Å²) >= 11 is 0. The number of fused-ring (bicyclic) bond motifs is 1. The standard InChI is InChI=1S/C27H31N3O4/c1-27(2,3)21-17-19(32-4)12-14-26(21)34-16-8-7-15-33-20-11-13-24(25(31)18-20)30-28-22-9-5-6-10-23(22)29-30/h5-6,9-14,17-18,31H,7-8,15-16H2,1-4H3. The molecular weight excluding hydrogens is 430 g/mol. The van der Waals surface area contributed by atoms with E-state index in [0.717, 1.165) is 40.9 Å². The van der Waals surface area contributed by atoms with Gasteiger partial charge in [0.15, 0.2) is 0 Å². The Kier molecular flexibility index (Phi) is 6.91. The van der Waals surface area contributed by atoms with Crippen LogP contribution in [0.4, 0.5) is 0 Å². The van der Waals surface area contributed by atoms with E-state index < -0.39 is 0 Å². The SMILES string of the molecule is COc1ccc(OCCCCOc2ccc(-n3nc4ccccc4n3)c(O)c2)c(C(C)(C)C)c1. The quantitative estimate of drug-likeness (QED) is 0.324. The van der Waals surface area contributed by atoms with Gasteiger partial charge in [-0.1, -0.05) is 32.9 Å². The average molecular weight is 462 g/mol. The van der Waals surface area contributed by atoms with Crippen molar-refractivity contribution >= 4 is 11.0 Å². The Bertz CT molecular complexity index is 1230. The molecule has 0 saturated carbocycles. The van der Waals surface area contributed by atoms with E-state index in [1.54, 1.807) is 19.2 Å². The van der Waals surface area contributed by atoms with Gasteiger partial charge in [0.2, 0.25) is 0 Å². The van der Waals surface area contributed by atoms with Crippen molar-refractivity contribution in [3.63, 3.8) is 0 Å². The summed E-state index contributed by atoms with van der Waals surface area (Å²) in [6.45, 7) is 7.61. The first-order valence-electron chi connectivity index (χ1n) is 11.4. The second-order valence-corrected chi connectivity index (χ2v) is 9.14. The van der Waals surface area contributed by atoms with Crippen molar-refractivity contribution in [2.75, 3.05) is 20.3 Å². The van der Waals surface area contributed by atoms with Gasteiger partial charge in [-0.05, 0) is 60.7 Å². The van der Waals surface area contributed by atoms with Crippen LogP contribution < -0.4 is 14.2 Å². The van der Waals surface area contributed by atoms with E-state index >= 15 is 0 Å². The Morgan fingerprint density at radius 2 is 1.47 bits per heavy atom. The van der Waals surface area contributed by atoms with Crippen molar-refractivity contribution in [2.24, 2.45) is 0 Å². The highest BCUT2D eigenvalue weighted by molar-refractivity contribution is 5.73. The molecule has 4 aromatic rings. The molecular formula is C27H31N3O4. The molecule has 0 radical (unpaired) electrons. The zero-order valence-electron chi connectivity index (χ0n) is 20.1. The molecule has 1 heterocycles. The number of rotatable bonds is 9. The molecule has 0 saturated heterocycles. The number of phenols is 1. The number of aromatic nitrogens is 3. The van der Waals surface area contributed by atoms with E-state index in [1.807, 2.05) is 48.5 Å². The number of aromatic hydroxyl groups is 1. The van der Waals surface area contributed by atoms with Crippen molar-refractivity contribution in [3.8, 4) is 28.7 Å². The van der Waals surface area contributed by atoms with Crippen LogP contribution in [-0.4, -0.2) is 40.4 Å². The zero-order valence-corrected chi connectivity index (χ0v) is 20.1. The van der Waals surface area contributed by atoms with Gasteiger partial charge in [0.1, 0.15) is 39.7 Å². The molecule has 0 unspecified atom stereocenters. The molecule has 7 nitrogen and oxygen atoms in total. The maximum Gasteiger partial charge on any atom is 0.146 e. The van der Waals surface area contributed by atoms with Gasteiger partial charge < -0.3 is 19.3 Å². The first-order chi connectivity index (χ1) is 16.3. The summed E-state index contributed by atoms with van der Waals surface area (Å²) in [5.41, 5.74) is 3.13. The zero-order chi connectivity index (χ0) is 24.1. The van der Waals surface area contributed by atoms with Gasteiger partial charge in [0.05, 0.1) is 20.3 Å². The molecule has 0 aliphatic carbocycles. The lowest BCUT2D eigenvalue weighted by molar-refractivity contribution is 0.262. The molecule has 1 aromatic heterocycles.